The molecule has 13 heavy (non-hydrogen) atoms. The SMILES string of the molecule is CCCCC(C)SC(C)(S)C(C)C. The molecule has 0 N–H and O–H groups in total. The largest absolute Gasteiger partial charge is 0.162 e. The summed E-state index contributed by atoms with van der Waals surface area (Å²) in [6.07, 6.45) is 3.97. The van der Waals surface area contributed by atoms with Gasteiger partial charge in [0, 0.05) is 5.25 Å². The molecule has 2 unspecified atom stereocenters. The summed E-state index contributed by atoms with van der Waals surface area (Å²) < 4.78 is 0.132. The van der Waals surface area contributed by atoms with Gasteiger partial charge < -0.3 is 0 Å². The zero-order chi connectivity index (χ0) is 10.5. The third kappa shape index (κ3) is 5.90. The van der Waals surface area contributed by atoms with E-state index in [-0.39, 0.29) is 4.08 Å². The Morgan fingerprint density at radius 2 is 1.85 bits per heavy atom. The van der Waals surface area contributed by atoms with Gasteiger partial charge in [-0.05, 0) is 19.3 Å². The van der Waals surface area contributed by atoms with Gasteiger partial charge in [-0.3, -0.25) is 0 Å². The molecule has 2 heteroatoms. The highest BCUT2D eigenvalue weighted by molar-refractivity contribution is 8.11. The molecule has 0 amide bonds. The van der Waals surface area contributed by atoms with Crippen LogP contribution in [0.3, 0.4) is 0 Å². The first kappa shape index (κ1) is 13.7. The molecule has 0 radical (unpaired) electrons. The van der Waals surface area contributed by atoms with Crippen molar-refractivity contribution in [2.24, 2.45) is 5.92 Å². The minimum atomic E-state index is 0.132. The van der Waals surface area contributed by atoms with Crippen molar-refractivity contribution in [1.82, 2.24) is 0 Å². The van der Waals surface area contributed by atoms with Gasteiger partial charge in [-0.2, -0.15) is 12.6 Å². The highest BCUT2D eigenvalue weighted by atomic mass is 32.2. The summed E-state index contributed by atoms with van der Waals surface area (Å²) >= 11 is 6.72. The highest BCUT2D eigenvalue weighted by Gasteiger charge is 2.26. The predicted octanol–water partition coefficient (Wildman–Crippen LogP) is 4.60. The van der Waals surface area contributed by atoms with Crippen LogP contribution in [0.5, 0.6) is 0 Å². The average molecular weight is 220 g/mol. The molecule has 2 atom stereocenters. The molecular formula is C11H24S2. The Hall–Kier alpha value is 0.700. The van der Waals surface area contributed by atoms with Crippen LogP contribution in [0.4, 0.5) is 0 Å². The number of thiol groups is 1. The maximum Gasteiger partial charge on any atom is 0.0578 e. The summed E-state index contributed by atoms with van der Waals surface area (Å²) in [6, 6.07) is 0. The Morgan fingerprint density at radius 1 is 1.31 bits per heavy atom. The van der Waals surface area contributed by atoms with Crippen LogP contribution in [-0.4, -0.2) is 9.33 Å². The third-order valence-corrected chi connectivity index (χ3v) is 4.89. The van der Waals surface area contributed by atoms with Crippen LogP contribution in [0, 0.1) is 5.92 Å². The third-order valence-electron chi connectivity index (χ3n) is 2.48. The Balaban J connectivity index is 3.82. The van der Waals surface area contributed by atoms with Crippen LogP contribution < -0.4 is 0 Å². The second-order valence-electron chi connectivity index (χ2n) is 4.28. The Morgan fingerprint density at radius 3 is 2.23 bits per heavy atom. The fourth-order valence-corrected chi connectivity index (χ4v) is 3.01. The van der Waals surface area contributed by atoms with Gasteiger partial charge in [-0.25, -0.2) is 0 Å². The number of hydrogen-bond acceptors (Lipinski definition) is 2. The first-order valence-corrected chi connectivity index (χ1v) is 6.63. The maximum atomic E-state index is 4.71. The quantitative estimate of drug-likeness (QED) is 0.504. The molecule has 0 heterocycles. The molecule has 0 fully saturated rings. The van der Waals surface area contributed by atoms with Gasteiger partial charge in [0.15, 0.2) is 0 Å². The number of rotatable bonds is 6. The van der Waals surface area contributed by atoms with Crippen molar-refractivity contribution in [2.75, 3.05) is 0 Å². The van der Waals surface area contributed by atoms with Crippen molar-refractivity contribution in [2.45, 2.75) is 63.2 Å². The highest BCUT2D eigenvalue weighted by Crippen LogP contribution is 2.40. The molecule has 0 nitrogen and oxygen atoms in total. The molecule has 0 aromatic carbocycles. The van der Waals surface area contributed by atoms with Crippen LogP contribution >= 0.6 is 24.4 Å². The van der Waals surface area contributed by atoms with E-state index in [4.69, 9.17) is 12.6 Å². The summed E-state index contributed by atoms with van der Waals surface area (Å²) in [6.45, 7) is 11.3. The summed E-state index contributed by atoms with van der Waals surface area (Å²) in [5, 5.41) is 0.741. The molecule has 0 saturated heterocycles. The van der Waals surface area contributed by atoms with Gasteiger partial charge in [0.05, 0.1) is 4.08 Å². The van der Waals surface area contributed by atoms with Crippen molar-refractivity contribution >= 4 is 24.4 Å². The second kappa shape index (κ2) is 6.23. The lowest BCUT2D eigenvalue weighted by Gasteiger charge is -2.30. The zero-order valence-electron chi connectivity index (χ0n) is 9.63. The van der Waals surface area contributed by atoms with E-state index in [1.165, 1.54) is 19.3 Å². The van der Waals surface area contributed by atoms with Gasteiger partial charge in [-0.15, -0.1) is 11.8 Å². The molecule has 0 aromatic heterocycles. The number of unbranched alkanes of at least 4 members (excludes halogenated alkanes) is 1. The van der Waals surface area contributed by atoms with E-state index in [0.717, 1.165) is 5.25 Å². The van der Waals surface area contributed by atoms with E-state index in [1.54, 1.807) is 0 Å². The first-order chi connectivity index (χ1) is 5.90. The topological polar surface area (TPSA) is 0 Å². The summed E-state index contributed by atoms with van der Waals surface area (Å²) in [7, 11) is 0. The summed E-state index contributed by atoms with van der Waals surface area (Å²) in [5.41, 5.74) is 0. The van der Waals surface area contributed by atoms with E-state index in [9.17, 15) is 0 Å². The molecule has 0 bridgehead atoms. The fraction of sp³-hybridized carbons (Fsp3) is 1.00. The van der Waals surface area contributed by atoms with Crippen LogP contribution in [0.1, 0.15) is 53.9 Å². The molecule has 0 aliphatic rings. The van der Waals surface area contributed by atoms with Crippen LogP contribution in [-0.2, 0) is 0 Å². The first-order valence-electron chi connectivity index (χ1n) is 5.30. The lowest BCUT2D eigenvalue weighted by atomic mass is 10.1. The van der Waals surface area contributed by atoms with Gasteiger partial charge in [-0.1, -0.05) is 40.5 Å². The smallest absolute Gasteiger partial charge is 0.0578 e. The normalized spacial score (nSPS) is 18.7. The fourth-order valence-electron chi connectivity index (χ4n) is 1.09. The van der Waals surface area contributed by atoms with Crippen molar-refractivity contribution in [1.29, 1.82) is 0 Å². The summed E-state index contributed by atoms with van der Waals surface area (Å²) in [5.74, 6) is 0.630. The summed E-state index contributed by atoms with van der Waals surface area (Å²) in [4.78, 5) is 0. The second-order valence-corrected chi connectivity index (χ2v) is 7.40. The Kier molecular flexibility index (Phi) is 6.57. The van der Waals surface area contributed by atoms with Gasteiger partial charge >= 0.3 is 0 Å². The Labute approximate surface area is 93.7 Å². The van der Waals surface area contributed by atoms with Crippen LogP contribution in [0.25, 0.3) is 0 Å². The van der Waals surface area contributed by atoms with E-state index in [0.29, 0.717) is 5.92 Å². The molecule has 0 rings (SSSR count). The maximum absolute atomic E-state index is 4.71. The van der Waals surface area contributed by atoms with Crippen molar-refractivity contribution in [3.8, 4) is 0 Å². The lowest BCUT2D eigenvalue weighted by Crippen LogP contribution is -2.22. The minimum absolute atomic E-state index is 0.132. The van der Waals surface area contributed by atoms with Crippen LogP contribution in [0.2, 0.25) is 0 Å². The van der Waals surface area contributed by atoms with Gasteiger partial charge in [0.2, 0.25) is 0 Å². The van der Waals surface area contributed by atoms with E-state index < -0.39 is 0 Å². The molecule has 0 aliphatic heterocycles. The molecule has 0 saturated carbocycles. The zero-order valence-corrected chi connectivity index (χ0v) is 11.3. The standard InChI is InChI=1S/C11H24S2/c1-6-7-8-10(4)13-11(5,12)9(2)3/h9-10,12H,6-8H2,1-5H3. The Bertz CT molecular complexity index is 130. The number of hydrogen-bond donors (Lipinski definition) is 1. The molecule has 0 spiro atoms. The van der Waals surface area contributed by atoms with E-state index in [2.05, 4.69) is 34.6 Å². The predicted molar refractivity (Wildman–Crippen MR) is 68.8 cm³/mol. The molecule has 0 aliphatic carbocycles. The van der Waals surface area contributed by atoms with Crippen molar-refractivity contribution in [3.05, 3.63) is 0 Å². The molecule has 0 aromatic rings. The average Bonchev–Trinajstić information content (AvgIpc) is 1.99. The lowest BCUT2D eigenvalue weighted by molar-refractivity contribution is 0.601. The van der Waals surface area contributed by atoms with E-state index >= 15 is 0 Å². The number of thioether (sulfide) groups is 1. The van der Waals surface area contributed by atoms with Gasteiger partial charge in [0.25, 0.3) is 0 Å². The molecule has 80 valence electrons. The van der Waals surface area contributed by atoms with Crippen molar-refractivity contribution < 1.29 is 0 Å². The van der Waals surface area contributed by atoms with Crippen LogP contribution in [0.15, 0.2) is 0 Å². The molecular weight excluding hydrogens is 196 g/mol. The minimum Gasteiger partial charge on any atom is -0.162 e. The monoisotopic (exact) mass is 220 g/mol. The van der Waals surface area contributed by atoms with E-state index in [1.807, 2.05) is 11.8 Å². The van der Waals surface area contributed by atoms with Gasteiger partial charge in [0.1, 0.15) is 0 Å². The van der Waals surface area contributed by atoms with Crippen molar-refractivity contribution in [3.63, 3.8) is 0 Å².